The number of carbonyl (C=O) groups excluding carboxylic acids is 2. The van der Waals surface area contributed by atoms with E-state index in [-0.39, 0.29) is 18.3 Å². The molecule has 15 heavy (non-hydrogen) atoms. The van der Waals surface area contributed by atoms with Crippen molar-refractivity contribution in [1.29, 1.82) is 0 Å². The number of Topliss-reactive ketones (excluding diaryl/α,β-unsaturated/α-hetero) is 1. The van der Waals surface area contributed by atoms with Gasteiger partial charge in [-0.2, -0.15) is 0 Å². The van der Waals surface area contributed by atoms with Crippen LogP contribution in [0.1, 0.15) is 22.3 Å². The third kappa shape index (κ3) is 1.89. The van der Waals surface area contributed by atoms with Gasteiger partial charge in [-0.15, -0.1) is 0 Å². The molecule has 1 aromatic rings. The second-order valence-electron chi connectivity index (χ2n) is 3.42. The number of hydrogen-bond acceptors (Lipinski definition) is 4. The van der Waals surface area contributed by atoms with E-state index in [9.17, 15) is 9.59 Å². The molecule has 78 valence electrons. The third-order valence-electron chi connectivity index (χ3n) is 2.39. The standard InChI is InChI=1S/C11H11NO3/c12-6-9(13)7-1-3-10-8(5-7)2-4-11(14)15-10/h1,3,5H,2,4,6,12H2. The molecule has 4 nitrogen and oxygen atoms in total. The molecule has 0 spiro atoms. The molecule has 0 saturated heterocycles. The summed E-state index contributed by atoms with van der Waals surface area (Å²) in [5.74, 6) is 0.231. The van der Waals surface area contributed by atoms with E-state index in [1.54, 1.807) is 18.2 Å². The molecule has 1 aromatic carbocycles. The topological polar surface area (TPSA) is 69.4 Å². The van der Waals surface area contributed by atoms with Gasteiger partial charge in [-0.05, 0) is 30.2 Å². The van der Waals surface area contributed by atoms with Crippen LogP contribution in [0.25, 0.3) is 0 Å². The predicted octanol–water partition coefficient (Wildman–Crippen LogP) is 0.680. The van der Waals surface area contributed by atoms with Crippen LogP contribution in [0.15, 0.2) is 18.2 Å². The van der Waals surface area contributed by atoms with E-state index < -0.39 is 0 Å². The zero-order valence-corrected chi connectivity index (χ0v) is 8.16. The Labute approximate surface area is 87.0 Å². The number of carbonyl (C=O) groups is 2. The molecule has 0 atom stereocenters. The van der Waals surface area contributed by atoms with Crippen molar-refractivity contribution in [2.24, 2.45) is 5.73 Å². The van der Waals surface area contributed by atoms with Crippen LogP contribution in [0.3, 0.4) is 0 Å². The Kier molecular flexibility index (Phi) is 2.51. The fourth-order valence-corrected chi connectivity index (χ4v) is 1.58. The average molecular weight is 205 g/mol. The maximum atomic E-state index is 11.3. The van der Waals surface area contributed by atoms with Crippen LogP contribution in [-0.4, -0.2) is 18.3 Å². The summed E-state index contributed by atoms with van der Waals surface area (Å²) in [7, 11) is 0. The minimum Gasteiger partial charge on any atom is -0.426 e. The van der Waals surface area contributed by atoms with Crippen LogP contribution in [0.4, 0.5) is 0 Å². The Balaban J connectivity index is 2.34. The molecule has 2 N–H and O–H groups in total. The molecule has 4 heteroatoms. The van der Waals surface area contributed by atoms with Gasteiger partial charge in [0.1, 0.15) is 5.75 Å². The van der Waals surface area contributed by atoms with Crippen LogP contribution in [0.2, 0.25) is 0 Å². The normalized spacial score (nSPS) is 14.3. The third-order valence-corrected chi connectivity index (χ3v) is 2.39. The molecule has 0 fully saturated rings. The minimum absolute atomic E-state index is 0.00141. The number of aryl methyl sites for hydroxylation is 1. The molecule has 0 saturated carbocycles. The Morgan fingerprint density at radius 3 is 2.93 bits per heavy atom. The lowest BCUT2D eigenvalue weighted by atomic mass is 10.0. The number of ketones is 1. The first-order chi connectivity index (χ1) is 7.20. The van der Waals surface area contributed by atoms with Gasteiger partial charge in [0.25, 0.3) is 0 Å². The molecule has 0 aliphatic carbocycles. The van der Waals surface area contributed by atoms with Gasteiger partial charge >= 0.3 is 5.97 Å². The number of hydrogen-bond donors (Lipinski definition) is 1. The SMILES string of the molecule is NCC(=O)c1ccc2c(c1)CCC(=O)O2. The van der Waals surface area contributed by atoms with Crippen LogP contribution in [-0.2, 0) is 11.2 Å². The number of benzene rings is 1. The quantitative estimate of drug-likeness (QED) is 0.438. The molecule has 0 radical (unpaired) electrons. The summed E-state index contributed by atoms with van der Waals surface area (Å²) in [5, 5.41) is 0. The number of ether oxygens (including phenoxy) is 1. The van der Waals surface area contributed by atoms with Gasteiger partial charge in [-0.3, -0.25) is 9.59 Å². The van der Waals surface area contributed by atoms with Crippen LogP contribution in [0.5, 0.6) is 5.75 Å². The summed E-state index contributed by atoms with van der Waals surface area (Å²) in [6.07, 6.45) is 0.993. The maximum Gasteiger partial charge on any atom is 0.311 e. The Bertz CT molecular complexity index is 426. The highest BCUT2D eigenvalue weighted by molar-refractivity contribution is 5.98. The van der Waals surface area contributed by atoms with Gasteiger partial charge in [0.2, 0.25) is 0 Å². The van der Waals surface area contributed by atoms with E-state index in [2.05, 4.69) is 0 Å². The number of rotatable bonds is 2. The first-order valence-corrected chi connectivity index (χ1v) is 4.77. The highest BCUT2D eigenvalue weighted by Gasteiger charge is 2.18. The van der Waals surface area contributed by atoms with E-state index in [0.717, 1.165) is 5.56 Å². The fourth-order valence-electron chi connectivity index (χ4n) is 1.58. The monoisotopic (exact) mass is 205 g/mol. The molecular formula is C11H11NO3. The van der Waals surface area contributed by atoms with Crippen LogP contribution >= 0.6 is 0 Å². The van der Waals surface area contributed by atoms with Gasteiger partial charge < -0.3 is 10.5 Å². The summed E-state index contributed by atoms with van der Waals surface area (Å²) < 4.78 is 5.02. The summed E-state index contributed by atoms with van der Waals surface area (Å²) in [6.45, 7) is -0.00141. The lowest BCUT2D eigenvalue weighted by Gasteiger charge is -2.15. The fraction of sp³-hybridized carbons (Fsp3) is 0.273. The van der Waals surface area contributed by atoms with E-state index >= 15 is 0 Å². The Morgan fingerprint density at radius 2 is 2.20 bits per heavy atom. The van der Waals surface area contributed by atoms with Gasteiger partial charge in [-0.1, -0.05) is 0 Å². The van der Waals surface area contributed by atoms with E-state index in [4.69, 9.17) is 10.5 Å². The Hall–Kier alpha value is -1.68. The second-order valence-corrected chi connectivity index (χ2v) is 3.42. The molecule has 0 unspecified atom stereocenters. The number of fused-ring (bicyclic) bond motifs is 1. The van der Waals surface area contributed by atoms with Crippen LogP contribution < -0.4 is 10.5 Å². The van der Waals surface area contributed by atoms with E-state index in [0.29, 0.717) is 24.2 Å². The van der Waals surface area contributed by atoms with Crippen molar-refractivity contribution in [2.75, 3.05) is 6.54 Å². The van der Waals surface area contributed by atoms with Gasteiger partial charge in [0.15, 0.2) is 5.78 Å². The summed E-state index contributed by atoms with van der Waals surface area (Å²) in [4.78, 5) is 22.3. The van der Waals surface area contributed by atoms with Gasteiger partial charge in [0.05, 0.1) is 13.0 Å². The van der Waals surface area contributed by atoms with Crippen molar-refractivity contribution in [1.82, 2.24) is 0 Å². The van der Waals surface area contributed by atoms with E-state index in [1.165, 1.54) is 0 Å². The largest absolute Gasteiger partial charge is 0.426 e. The van der Waals surface area contributed by atoms with Crippen molar-refractivity contribution >= 4 is 11.8 Å². The summed E-state index contributed by atoms with van der Waals surface area (Å²) >= 11 is 0. The second kappa shape index (κ2) is 3.82. The van der Waals surface area contributed by atoms with E-state index in [1.807, 2.05) is 0 Å². The number of esters is 1. The minimum atomic E-state index is -0.222. The number of nitrogens with two attached hydrogens (primary N) is 1. The smallest absolute Gasteiger partial charge is 0.311 e. The van der Waals surface area contributed by atoms with Crippen molar-refractivity contribution in [3.05, 3.63) is 29.3 Å². The molecule has 2 rings (SSSR count). The average Bonchev–Trinajstić information content (AvgIpc) is 2.27. The zero-order valence-electron chi connectivity index (χ0n) is 8.16. The molecular weight excluding hydrogens is 194 g/mol. The lowest BCUT2D eigenvalue weighted by molar-refractivity contribution is -0.135. The molecule has 0 bridgehead atoms. The highest BCUT2D eigenvalue weighted by Crippen LogP contribution is 2.26. The molecule has 0 amide bonds. The summed E-state index contributed by atoms with van der Waals surface area (Å²) in [5.41, 5.74) is 6.74. The predicted molar refractivity (Wildman–Crippen MR) is 53.8 cm³/mol. The maximum absolute atomic E-state index is 11.3. The van der Waals surface area contributed by atoms with Gasteiger partial charge in [-0.25, -0.2) is 0 Å². The Morgan fingerprint density at radius 1 is 1.40 bits per heavy atom. The molecule has 0 aromatic heterocycles. The molecule has 1 heterocycles. The lowest BCUT2D eigenvalue weighted by Crippen LogP contribution is -2.18. The molecule has 1 aliphatic heterocycles. The van der Waals surface area contributed by atoms with Crippen LogP contribution in [0, 0.1) is 0 Å². The van der Waals surface area contributed by atoms with Gasteiger partial charge in [0, 0.05) is 5.56 Å². The molecule has 1 aliphatic rings. The first kappa shape index (κ1) is 9.86. The summed E-state index contributed by atoms with van der Waals surface area (Å²) in [6, 6.07) is 5.03. The first-order valence-electron chi connectivity index (χ1n) is 4.77. The van der Waals surface area contributed by atoms with Crippen molar-refractivity contribution in [3.63, 3.8) is 0 Å². The van der Waals surface area contributed by atoms with Crippen molar-refractivity contribution < 1.29 is 14.3 Å². The zero-order chi connectivity index (χ0) is 10.8. The highest BCUT2D eigenvalue weighted by atomic mass is 16.5. The van der Waals surface area contributed by atoms with Crippen molar-refractivity contribution in [2.45, 2.75) is 12.8 Å². The van der Waals surface area contributed by atoms with Crippen molar-refractivity contribution in [3.8, 4) is 5.75 Å².